The number of nitrogens with one attached hydrogen (secondary N) is 1. The van der Waals surface area contributed by atoms with Gasteiger partial charge in [0.1, 0.15) is 0 Å². The van der Waals surface area contributed by atoms with E-state index >= 15 is 0 Å². The van der Waals surface area contributed by atoms with E-state index in [4.69, 9.17) is 0 Å². The third-order valence-corrected chi connectivity index (χ3v) is 4.11. The molecule has 17 heavy (non-hydrogen) atoms. The van der Waals surface area contributed by atoms with E-state index in [0.717, 1.165) is 5.92 Å². The number of rotatable bonds is 4. The van der Waals surface area contributed by atoms with Crippen molar-refractivity contribution in [2.75, 3.05) is 7.05 Å². The largest absolute Gasteiger partial charge is 0.312 e. The molecule has 0 saturated heterocycles. The van der Waals surface area contributed by atoms with Crippen molar-refractivity contribution in [3.05, 3.63) is 18.0 Å². The maximum absolute atomic E-state index is 4.27. The van der Waals surface area contributed by atoms with Crippen LogP contribution in [-0.4, -0.2) is 16.8 Å². The molecule has 1 heterocycles. The molecule has 1 aliphatic carbocycles. The SMILES string of the molecule is CNC(CC1CCCCCC1)c1ccnn1C. The van der Waals surface area contributed by atoms with Gasteiger partial charge >= 0.3 is 0 Å². The maximum atomic E-state index is 4.27. The summed E-state index contributed by atoms with van der Waals surface area (Å²) < 4.78 is 2.00. The summed E-state index contributed by atoms with van der Waals surface area (Å²) in [7, 11) is 4.10. The summed E-state index contributed by atoms with van der Waals surface area (Å²) in [6.45, 7) is 0. The summed E-state index contributed by atoms with van der Waals surface area (Å²) in [5.41, 5.74) is 1.32. The molecule has 3 nitrogen and oxygen atoms in total. The minimum atomic E-state index is 0.464. The van der Waals surface area contributed by atoms with Gasteiger partial charge in [0.2, 0.25) is 0 Å². The summed E-state index contributed by atoms with van der Waals surface area (Å²) in [5.74, 6) is 0.893. The van der Waals surface area contributed by atoms with Gasteiger partial charge in [0, 0.05) is 19.3 Å². The molecule has 0 amide bonds. The zero-order valence-electron chi connectivity index (χ0n) is 11.2. The Morgan fingerprint density at radius 1 is 1.35 bits per heavy atom. The Kier molecular flexibility index (Phi) is 4.60. The fraction of sp³-hybridized carbons (Fsp3) is 0.786. The summed E-state index contributed by atoms with van der Waals surface area (Å²) in [5, 5.41) is 7.73. The van der Waals surface area contributed by atoms with Crippen LogP contribution in [0.3, 0.4) is 0 Å². The van der Waals surface area contributed by atoms with Crippen molar-refractivity contribution in [1.29, 1.82) is 0 Å². The molecule has 0 spiro atoms. The number of aromatic nitrogens is 2. The Labute approximate surface area is 105 Å². The Bertz CT molecular complexity index is 324. The first-order valence-corrected chi connectivity index (χ1v) is 6.96. The lowest BCUT2D eigenvalue weighted by atomic mass is 9.91. The van der Waals surface area contributed by atoms with Crippen molar-refractivity contribution in [3.63, 3.8) is 0 Å². The molecule has 2 rings (SSSR count). The van der Waals surface area contributed by atoms with Gasteiger partial charge in [-0.05, 0) is 25.5 Å². The molecule has 0 radical (unpaired) electrons. The van der Waals surface area contributed by atoms with E-state index in [1.807, 2.05) is 17.9 Å². The van der Waals surface area contributed by atoms with Gasteiger partial charge in [0.15, 0.2) is 0 Å². The van der Waals surface area contributed by atoms with E-state index < -0.39 is 0 Å². The average molecular weight is 235 g/mol. The Balaban J connectivity index is 1.97. The van der Waals surface area contributed by atoms with E-state index in [2.05, 4.69) is 23.5 Å². The smallest absolute Gasteiger partial charge is 0.0550 e. The second-order valence-electron chi connectivity index (χ2n) is 5.31. The van der Waals surface area contributed by atoms with E-state index in [0.29, 0.717) is 6.04 Å². The monoisotopic (exact) mass is 235 g/mol. The zero-order chi connectivity index (χ0) is 12.1. The maximum Gasteiger partial charge on any atom is 0.0550 e. The first-order valence-electron chi connectivity index (χ1n) is 6.96. The predicted molar refractivity (Wildman–Crippen MR) is 70.8 cm³/mol. The average Bonchev–Trinajstić information content (AvgIpc) is 2.62. The van der Waals surface area contributed by atoms with Crippen molar-refractivity contribution < 1.29 is 0 Å². The number of hydrogen-bond acceptors (Lipinski definition) is 2. The van der Waals surface area contributed by atoms with Crippen LogP contribution in [-0.2, 0) is 7.05 Å². The molecule has 0 aromatic carbocycles. The second kappa shape index (κ2) is 6.20. The van der Waals surface area contributed by atoms with Crippen molar-refractivity contribution in [1.82, 2.24) is 15.1 Å². The van der Waals surface area contributed by atoms with Crippen LogP contribution in [0.1, 0.15) is 56.7 Å². The molecule has 0 bridgehead atoms. The fourth-order valence-electron chi connectivity index (χ4n) is 3.05. The lowest BCUT2D eigenvalue weighted by Gasteiger charge is -2.22. The van der Waals surface area contributed by atoms with Gasteiger partial charge in [-0.3, -0.25) is 4.68 Å². The van der Waals surface area contributed by atoms with Gasteiger partial charge in [0.05, 0.1) is 5.69 Å². The van der Waals surface area contributed by atoms with Gasteiger partial charge in [-0.2, -0.15) is 5.10 Å². The number of hydrogen-bond donors (Lipinski definition) is 1. The summed E-state index contributed by atoms with van der Waals surface area (Å²) in [4.78, 5) is 0. The van der Waals surface area contributed by atoms with Crippen LogP contribution in [0, 0.1) is 5.92 Å². The highest BCUT2D eigenvalue weighted by molar-refractivity contribution is 5.06. The van der Waals surface area contributed by atoms with Crippen molar-refractivity contribution in [2.24, 2.45) is 13.0 Å². The molecule has 1 aromatic rings. The topological polar surface area (TPSA) is 29.9 Å². The molecule has 0 aliphatic heterocycles. The molecule has 1 fully saturated rings. The Morgan fingerprint density at radius 2 is 2.06 bits per heavy atom. The van der Waals surface area contributed by atoms with Gasteiger partial charge in [-0.25, -0.2) is 0 Å². The fourth-order valence-corrected chi connectivity index (χ4v) is 3.05. The summed E-state index contributed by atoms with van der Waals surface area (Å²) in [6.07, 6.45) is 11.7. The molecule has 1 N–H and O–H groups in total. The van der Waals surface area contributed by atoms with Crippen LogP contribution < -0.4 is 5.32 Å². The minimum Gasteiger partial charge on any atom is -0.312 e. The van der Waals surface area contributed by atoms with Gasteiger partial charge in [0.25, 0.3) is 0 Å². The summed E-state index contributed by atoms with van der Waals surface area (Å²) in [6, 6.07) is 2.60. The van der Waals surface area contributed by atoms with E-state index in [1.54, 1.807) is 0 Å². The van der Waals surface area contributed by atoms with E-state index in [1.165, 1.54) is 50.6 Å². The molecule has 1 aromatic heterocycles. The van der Waals surface area contributed by atoms with Gasteiger partial charge in [-0.1, -0.05) is 38.5 Å². The van der Waals surface area contributed by atoms with Gasteiger partial charge < -0.3 is 5.32 Å². The third kappa shape index (κ3) is 3.32. The van der Waals surface area contributed by atoms with Crippen LogP contribution in [0.15, 0.2) is 12.3 Å². The van der Waals surface area contributed by atoms with Gasteiger partial charge in [-0.15, -0.1) is 0 Å². The first-order chi connectivity index (χ1) is 8.31. The highest BCUT2D eigenvalue weighted by Crippen LogP contribution is 2.30. The molecule has 1 aliphatic rings. The molecular weight excluding hydrogens is 210 g/mol. The normalized spacial score (nSPS) is 20.1. The van der Waals surface area contributed by atoms with Crippen molar-refractivity contribution in [2.45, 2.75) is 51.0 Å². The molecule has 1 saturated carbocycles. The molecular formula is C14H25N3. The lowest BCUT2D eigenvalue weighted by molar-refractivity contribution is 0.358. The van der Waals surface area contributed by atoms with Crippen molar-refractivity contribution >= 4 is 0 Å². The van der Waals surface area contributed by atoms with E-state index in [9.17, 15) is 0 Å². The standard InChI is InChI=1S/C14H25N3/c1-15-13(14-9-10-16-17(14)2)11-12-7-5-3-4-6-8-12/h9-10,12-13,15H,3-8,11H2,1-2H3. The van der Waals surface area contributed by atoms with Crippen molar-refractivity contribution in [3.8, 4) is 0 Å². The predicted octanol–water partition coefficient (Wildman–Crippen LogP) is 3.04. The van der Waals surface area contributed by atoms with Crippen LogP contribution >= 0.6 is 0 Å². The molecule has 1 atom stereocenters. The lowest BCUT2D eigenvalue weighted by Crippen LogP contribution is -2.22. The van der Waals surface area contributed by atoms with Crippen LogP contribution in [0.5, 0.6) is 0 Å². The van der Waals surface area contributed by atoms with Crippen LogP contribution in [0.4, 0.5) is 0 Å². The molecule has 1 unspecified atom stereocenters. The minimum absolute atomic E-state index is 0.464. The molecule has 96 valence electrons. The quantitative estimate of drug-likeness (QED) is 0.813. The highest BCUT2D eigenvalue weighted by atomic mass is 15.3. The Morgan fingerprint density at radius 3 is 2.59 bits per heavy atom. The zero-order valence-corrected chi connectivity index (χ0v) is 11.2. The molecule has 3 heteroatoms. The third-order valence-electron chi connectivity index (χ3n) is 4.11. The van der Waals surface area contributed by atoms with Crippen LogP contribution in [0.2, 0.25) is 0 Å². The number of aryl methyl sites for hydroxylation is 1. The van der Waals surface area contributed by atoms with Crippen LogP contribution in [0.25, 0.3) is 0 Å². The first kappa shape index (κ1) is 12.6. The summed E-state index contributed by atoms with van der Waals surface area (Å²) >= 11 is 0. The second-order valence-corrected chi connectivity index (χ2v) is 5.31. The Hall–Kier alpha value is -0.830. The van der Waals surface area contributed by atoms with E-state index in [-0.39, 0.29) is 0 Å². The number of nitrogens with zero attached hydrogens (tertiary/aromatic N) is 2. The highest BCUT2D eigenvalue weighted by Gasteiger charge is 2.20.